The standard InChI is InChI=1S/C14H14Cl2N4/c1-4-12-13(17-8(2)3)14(20-19-12)18-11-6-9(15)5-10(16)7-11/h4-7H,1H2,2-3H3,(H2,18,19,20). The second kappa shape index (κ2) is 6.11. The summed E-state index contributed by atoms with van der Waals surface area (Å²) in [5.74, 6) is 0.597. The van der Waals surface area contributed by atoms with E-state index in [-0.39, 0.29) is 0 Å². The van der Waals surface area contributed by atoms with Crippen molar-refractivity contribution in [2.75, 3.05) is 5.32 Å². The molecule has 0 bridgehead atoms. The predicted octanol–water partition coefficient (Wildman–Crippen LogP) is 5.22. The number of aromatic nitrogens is 2. The number of rotatable bonds is 4. The predicted molar refractivity (Wildman–Crippen MR) is 86.9 cm³/mol. The maximum absolute atomic E-state index is 5.98. The van der Waals surface area contributed by atoms with Gasteiger partial charge in [-0.15, -0.1) is 0 Å². The van der Waals surface area contributed by atoms with Gasteiger partial charge in [0.1, 0.15) is 5.69 Å². The molecular formula is C14H14Cl2N4. The van der Waals surface area contributed by atoms with Crippen LogP contribution in [-0.2, 0) is 0 Å². The first-order valence-corrected chi connectivity index (χ1v) is 6.71. The molecule has 0 fully saturated rings. The lowest BCUT2D eigenvalue weighted by molar-refractivity contribution is 1.08. The van der Waals surface area contributed by atoms with E-state index < -0.39 is 0 Å². The van der Waals surface area contributed by atoms with E-state index in [2.05, 4.69) is 27.1 Å². The summed E-state index contributed by atoms with van der Waals surface area (Å²) in [5, 5.41) is 11.3. The number of nitrogens with zero attached hydrogens (tertiary/aromatic N) is 2. The minimum atomic E-state index is 0.552. The summed E-state index contributed by atoms with van der Waals surface area (Å²) < 4.78 is 0. The second-order valence-corrected chi connectivity index (χ2v) is 5.25. The summed E-state index contributed by atoms with van der Waals surface area (Å²) >= 11 is 12.0. The third-order valence-electron chi connectivity index (χ3n) is 2.43. The first-order valence-electron chi connectivity index (χ1n) is 5.95. The van der Waals surface area contributed by atoms with Crippen LogP contribution in [0.25, 0.3) is 6.08 Å². The minimum Gasteiger partial charge on any atom is -0.337 e. The fourth-order valence-electron chi connectivity index (χ4n) is 1.68. The highest BCUT2D eigenvalue weighted by Gasteiger charge is 2.11. The molecule has 1 aromatic carbocycles. The van der Waals surface area contributed by atoms with E-state index in [0.29, 0.717) is 21.6 Å². The van der Waals surface area contributed by atoms with Crippen molar-refractivity contribution in [1.29, 1.82) is 0 Å². The SMILES string of the molecule is C=Cc1[nH]nc(Nc2cc(Cl)cc(Cl)c2)c1N=C(C)C. The molecule has 4 nitrogen and oxygen atoms in total. The molecule has 0 spiro atoms. The fraction of sp³-hybridized carbons (Fsp3) is 0.143. The van der Waals surface area contributed by atoms with E-state index in [1.165, 1.54) is 0 Å². The number of hydrogen-bond donors (Lipinski definition) is 2. The van der Waals surface area contributed by atoms with E-state index in [1.807, 2.05) is 13.8 Å². The van der Waals surface area contributed by atoms with Crippen LogP contribution in [0.2, 0.25) is 10.0 Å². The summed E-state index contributed by atoms with van der Waals surface area (Å²) in [6.45, 7) is 7.57. The van der Waals surface area contributed by atoms with Crippen LogP contribution in [0.5, 0.6) is 0 Å². The Morgan fingerprint density at radius 2 is 1.95 bits per heavy atom. The molecule has 1 aromatic heterocycles. The van der Waals surface area contributed by atoms with Crippen molar-refractivity contribution >= 4 is 52.2 Å². The molecular weight excluding hydrogens is 295 g/mol. The maximum Gasteiger partial charge on any atom is 0.178 e. The number of nitrogens with one attached hydrogen (secondary N) is 2. The van der Waals surface area contributed by atoms with Gasteiger partial charge >= 0.3 is 0 Å². The maximum atomic E-state index is 5.98. The number of anilines is 2. The summed E-state index contributed by atoms with van der Waals surface area (Å²) in [6.07, 6.45) is 1.67. The summed E-state index contributed by atoms with van der Waals surface area (Å²) in [5.41, 5.74) is 3.12. The molecule has 0 saturated heterocycles. The van der Waals surface area contributed by atoms with Crippen LogP contribution in [0.4, 0.5) is 17.2 Å². The molecule has 2 N–H and O–H groups in total. The lowest BCUT2D eigenvalue weighted by Crippen LogP contribution is -1.92. The lowest BCUT2D eigenvalue weighted by atomic mass is 10.3. The number of benzene rings is 1. The van der Waals surface area contributed by atoms with E-state index >= 15 is 0 Å². The van der Waals surface area contributed by atoms with E-state index in [4.69, 9.17) is 23.2 Å². The van der Waals surface area contributed by atoms with Gasteiger partial charge in [0, 0.05) is 21.4 Å². The molecule has 0 atom stereocenters. The Morgan fingerprint density at radius 3 is 2.50 bits per heavy atom. The third-order valence-corrected chi connectivity index (χ3v) is 2.87. The molecule has 1 heterocycles. The van der Waals surface area contributed by atoms with Crippen molar-refractivity contribution in [3.05, 3.63) is 40.5 Å². The van der Waals surface area contributed by atoms with Crippen LogP contribution in [0.1, 0.15) is 19.5 Å². The number of aliphatic imine (C=N–C) groups is 1. The molecule has 0 radical (unpaired) electrons. The summed E-state index contributed by atoms with van der Waals surface area (Å²) in [6, 6.07) is 5.20. The van der Waals surface area contributed by atoms with Gasteiger partial charge in [-0.25, -0.2) is 0 Å². The molecule has 0 aliphatic carbocycles. The molecule has 0 amide bonds. The summed E-state index contributed by atoms with van der Waals surface area (Å²) in [4.78, 5) is 4.45. The van der Waals surface area contributed by atoms with Crippen LogP contribution in [0.15, 0.2) is 29.8 Å². The van der Waals surface area contributed by atoms with Gasteiger partial charge in [-0.3, -0.25) is 10.1 Å². The number of aromatic amines is 1. The van der Waals surface area contributed by atoms with Crippen molar-refractivity contribution in [2.24, 2.45) is 4.99 Å². The van der Waals surface area contributed by atoms with E-state index in [9.17, 15) is 0 Å². The van der Waals surface area contributed by atoms with Crippen molar-refractivity contribution in [3.8, 4) is 0 Å². The number of hydrogen-bond acceptors (Lipinski definition) is 3. The van der Waals surface area contributed by atoms with Gasteiger partial charge in [-0.1, -0.05) is 29.8 Å². The average molecular weight is 309 g/mol. The first kappa shape index (κ1) is 14.6. The van der Waals surface area contributed by atoms with Gasteiger partial charge in [0.15, 0.2) is 5.82 Å². The van der Waals surface area contributed by atoms with Crippen molar-refractivity contribution < 1.29 is 0 Å². The quantitative estimate of drug-likeness (QED) is 0.761. The van der Waals surface area contributed by atoms with Crippen molar-refractivity contribution in [3.63, 3.8) is 0 Å². The Hall–Kier alpha value is -1.78. The van der Waals surface area contributed by atoms with Gasteiger partial charge in [-0.05, 0) is 38.1 Å². The second-order valence-electron chi connectivity index (χ2n) is 4.38. The van der Waals surface area contributed by atoms with Crippen LogP contribution in [-0.4, -0.2) is 15.9 Å². The molecule has 2 aromatic rings. The Balaban J connectivity index is 2.40. The molecule has 6 heteroatoms. The third kappa shape index (κ3) is 3.40. The van der Waals surface area contributed by atoms with Gasteiger partial charge in [0.2, 0.25) is 0 Å². The number of H-pyrrole nitrogens is 1. The van der Waals surface area contributed by atoms with Gasteiger partial charge < -0.3 is 5.32 Å². The van der Waals surface area contributed by atoms with Crippen molar-refractivity contribution in [2.45, 2.75) is 13.8 Å². The van der Waals surface area contributed by atoms with Crippen molar-refractivity contribution in [1.82, 2.24) is 10.2 Å². The molecule has 0 unspecified atom stereocenters. The normalized spacial score (nSPS) is 10.2. The lowest BCUT2D eigenvalue weighted by Gasteiger charge is -2.06. The van der Waals surface area contributed by atoms with Crippen LogP contribution < -0.4 is 5.32 Å². The first-order chi connectivity index (χ1) is 9.49. The Bertz CT molecular complexity index is 650. The van der Waals surface area contributed by atoms with Crippen LogP contribution in [0, 0.1) is 0 Å². The monoisotopic (exact) mass is 308 g/mol. The van der Waals surface area contributed by atoms with Gasteiger partial charge in [-0.2, -0.15) is 5.10 Å². The summed E-state index contributed by atoms with van der Waals surface area (Å²) in [7, 11) is 0. The Kier molecular flexibility index (Phi) is 4.47. The molecule has 0 saturated carbocycles. The van der Waals surface area contributed by atoms with E-state index in [0.717, 1.165) is 17.1 Å². The average Bonchev–Trinajstić information content (AvgIpc) is 2.69. The Morgan fingerprint density at radius 1 is 1.30 bits per heavy atom. The fourth-order valence-corrected chi connectivity index (χ4v) is 2.20. The highest BCUT2D eigenvalue weighted by atomic mass is 35.5. The van der Waals surface area contributed by atoms with Crippen LogP contribution >= 0.6 is 23.2 Å². The highest BCUT2D eigenvalue weighted by Crippen LogP contribution is 2.32. The molecule has 104 valence electrons. The molecule has 0 aliphatic heterocycles. The highest BCUT2D eigenvalue weighted by molar-refractivity contribution is 6.35. The largest absolute Gasteiger partial charge is 0.337 e. The Labute approximate surface area is 127 Å². The minimum absolute atomic E-state index is 0.552. The number of halogens is 2. The zero-order chi connectivity index (χ0) is 14.7. The van der Waals surface area contributed by atoms with E-state index in [1.54, 1.807) is 24.3 Å². The van der Waals surface area contributed by atoms with Gasteiger partial charge in [0.05, 0.1) is 5.69 Å². The van der Waals surface area contributed by atoms with Gasteiger partial charge in [0.25, 0.3) is 0 Å². The zero-order valence-corrected chi connectivity index (χ0v) is 12.7. The topological polar surface area (TPSA) is 53.1 Å². The van der Waals surface area contributed by atoms with Crippen LogP contribution in [0.3, 0.4) is 0 Å². The smallest absolute Gasteiger partial charge is 0.178 e. The molecule has 0 aliphatic rings. The molecule has 20 heavy (non-hydrogen) atoms. The molecule has 2 rings (SSSR count). The zero-order valence-electron chi connectivity index (χ0n) is 11.2.